The van der Waals surface area contributed by atoms with Crippen molar-refractivity contribution in [2.24, 2.45) is 0 Å². The Morgan fingerprint density at radius 2 is 0.632 bits per heavy atom. The molecule has 0 heterocycles. The Labute approximate surface area is 330 Å². The van der Waals surface area contributed by atoms with Crippen molar-refractivity contribution in [3.63, 3.8) is 0 Å². The fraction of sp³-hybridized carbons (Fsp3) is 0.0870. The number of rotatable bonds is 11. The highest BCUT2D eigenvalue weighted by molar-refractivity contribution is 7.86. The third-order valence-corrected chi connectivity index (χ3v) is 10.4. The smallest absolute Gasteiger partial charge is 0.381 e. The van der Waals surface area contributed by atoms with E-state index in [0.717, 1.165) is 12.5 Å². The Kier molecular flexibility index (Phi) is 10.6. The number of hydrogen-bond acceptors (Lipinski definition) is 6. The molecule has 0 unspecified atom stereocenters. The van der Waals surface area contributed by atoms with Gasteiger partial charge in [0.2, 0.25) is 0 Å². The Hall–Kier alpha value is -6.17. The lowest BCUT2D eigenvalue weighted by Gasteiger charge is -2.39. The third kappa shape index (κ3) is 8.07. The van der Waals surface area contributed by atoms with Gasteiger partial charge in [-0.1, -0.05) is 152 Å². The molecular weight excluding hydrogens is 770 g/mol. The summed E-state index contributed by atoms with van der Waals surface area (Å²) in [7, 11) is -8.39. The molecule has 0 saturated carbocycles. The van der Waals surface area contributed by atoms with Gasteiger partial charge in [0.05, 0.1) is 12.5 Å². The fourth-order valence-electron chi connectivity index (χ4n) is 7.18. The van der Waals surface area contributed by atoms with Gasteiger partial charge in [0.15, 0.2) is 11.5 Å². The predicted molar refractivity (Wildman–Crippen MR) is 218 cm³/mol. The van der Waals surface area contributed by atoms with Crippen LogP contribution in [-0.4, -0.2) is 35.5 Å². The van der Waals surface area contributed by atoms with Crippen LogP contribution in [0.1, 0.15) is 16.7 Å². The first kappa shape index (κ1) is 39.1. The zero-order valence-corrected chi connectivity index (χ0v) is 32.3. The second kappa shape index (κ2) is 15.4. The highest BCUT2D eigenvalue weighted by Crippen LogP contribution is 2.56. The molecule has 0 N–H and O–H groups in total. The topological polar surface area (TPSA) is 86.7 Å². The molecule has 7 aromatic rings. The van der Waals surface area contributed by atoms with Gasteiger partial charge in [0, 0.05) is 22.3 Å². The lowest BCUT2D eigenvalue weighted by molar-refractivity contribution is -0.166. The molecule has 7 rings (SSSR count). The first-order valence-corrected chi connectivity index (χ1v) is 21.3. The van der Waals surface area contributed by atoms with Gasteiger partial charge in [-0.25, -0.2) is 0 Å². The van der Waals surface area contributed by atoms with Crippen LogP contribution in [0.25, 0.3) is 44.5 Å². The average Bonchev–Trinajstić information content (AvgIpc) is 3.19. The molecule has 0 aliphatic carbocycles. The molecule has 0 aliphatic rings. The Morgan fingerprint density at radius 3 is 0.860 bits per heavy atom. The van der Waals surface area contributed by atoms with E-state index >= 15 is 13.2 Å². The molecule has 0 radical (unpaired) electrons. The monoisotopic (exact) mass is 804 g/mol. The Morgan fingerprint density at radius 1 is 0.386 bits per heavy atom. The van der Waals surface area contributed by atoms with E-state index < -0.39 is 31.8 Å². The number of hydrogen-bond donors (Lipinski definition) is 0. The average molecular weight is 805 g/mol. The van der Waals surface area contributed by atoms with Crippen molar-refractivity contribution in [3.05, 3.63) is 193 Å². The molecule has 0 saturated heterocycles. The van der Waals surface area contributed by atoms with Crippen LogP contribution in [0.2, 0.25) is 0 Å². The van der Waals surface area contributed by atoms with Gasteiger partial charge in [-0.05, 0) is 63.2 Å². The second-order valence-electron chi connectivity index (χ2n) is 13.5. The van der Waals surface area contributed by atoms with Crippen molar-refractivity contribution in [2.45, 2.75) is 11.6 Å². The molecule has 7 aromatic carbocycles. The molecule has 0 aliphatic heterocycles. The molecule has 288 valence electrons. The molecule has 6 nitrogen and oxygen atoms in total. The number of benzene rings is 7. The SMILES string of the molecule is CS(=O)(=O)Oc1c(-c2ccccc2)cc(C(c2ccccc2)(c2cc(-c3ccccc3)c(OS(C)(=O)=O)c(-c3ccccc3)c2)C(F)(F)F)cc1-c1ccccc1. The van der Waals surface area contributed by atoms with E-state index in [2.05, 4.69) is 0 Å². The minimum atomic E-state index is -5.09. The van der Waals surface area contributed by atoms with Crippen molar-refractivity contribution in [2.75, 3.05) is 12.5 Å². The van der Waals surface area contributed by atoms with E-state index in [1.807, 2.05) is 0 Å². The van der Waals surface area contributed by atoms with Gasteiger partial charge in [0.25, 0.3) is 0 Å². The van der Waals surface area contributed by atoms with E-state index in [9.17, 15) is 16.8 Å². The maximum absolute atomic E-state index is 17.1. The lowest BCUT2D eigenvalue weighted by Crippen LogP contribution is -2.44. The van der Waals surface area contributed by atoms with Crippen LogP contribution in [0.3, 0.4) is 0 Å². The predicted octanol–water partition coefficient (Wildman–Crippen LogP) is 10.9. The van der Waals surface area contributed by atoms with Gasteiger partial charge in [0.1, 0.15) is 5.41 Å². The van der Waals surface area contributed by atoms with Crippen LogP contribution in [0.5, 0.6) is 11.5 Å². The molecule has 11 heteroatoms. The molecular formula is C46H35F3O6S2. The summed E-state index contributed by atoms with van der Waals surface area (Å²) in [5, 5.41) is 0. The third-order valence-electron chi connectivity index (χ3n) is 9.48. The number of alkyl halides is 3. The van der Waals surface area contributed by atoms with Crippen molar-refractivity contribution in [1.29, 1.82) is 0 Å². The van der Waals surface area contributed by atoms with Crippen molar-refractivity contribution in [3.8, 4) is 56.0 Å². The second-order valence-corrected chi connectivity index (χ2v) is 16.6. The molecule has 0 amide bonds. The highest BCUT2D eigenvalue weighted by Gasteiger charge is 2.59. The quantitative estimate of drug-likeness (QED) is 0.0956. The summed E-state index contributed by atoms with van der Waals surface area (Å²) in [5.74, 6) is -0.288. The highest BCUT2D eigenvalue weighted by atomic mass is 32.2. The minimum Gasteiger partial charge on any atom is -0.381 e. The first-order chi connectivity index (χ1) is 27.2. The van der Waals surface area contributed by atoms with Crippen LogP contribution in [0, 0.1) is 0 Å². The van der Waals surface area contributed by atoms with E-state index in [-0.39, 0.29) is 50.4 Å². The van der Waals surface area contributed by atoms with Gasteiger partial charge >= 0.3 is 26.4 Å². The van der Waals surface area contributed by atoms with Gasteiger partial charge in [-0.15, -0.1) is 0 Å². The zero-order chi connectivity index (χ0) is 40.4. The molecule has 0 aromatic heterocycles. The standard InChI is InChI=1S/C46H35F3O6S2/c1-56(50,51)54-43-39(32-18-8-3-9-19-32)28-37(29-40(43)33-20-10-4-11-21-33)45(46(47,48)49,36-26-16-7-17-27-36)38-30-41(34-22-12-5-13-23-34)44(55-57(2,52)53)42(31-38)35-24-14-6-15-25-35/h3-31H,1-2H3. The van der Waals surface area contributed by atoms with Crippen LogP contribution < -0.4 is 8.37 Å². The van der Waals surface area contributed by atoms with E-state index in [1.54, 1.807) is 127 Å². The molecule has 0 atom stereocenters. The minimum absolute atomic E-state index is 0.102. The number of halogens is 3. The lowest BCUT2D eigenvalue weighted by atomic mass is 9.66. The van der Waals surface area contributed by atoms with Gasteiger partial charge in [-0.3, -0.25) is 0 Å². The summed E-state index contributed by atoms with van der Waals surface area (Å²) in [6, 6.07) is 46.6. The zero-order valence-electron chi connectivity index (χ0n) is 30.6. The van der Waals surface area contributed by atoms with Crippen LogP contribution in [-0.2, 0) is 25.7 Å². The van der Waals surface area contributed by atoms with E-state index in [1.165, 1.54) is 48.5 Å². The largest absolute Gasteiger partial charge is 0.406 e. The van der Waals surface area contributed by atoms with Crippen LogP contribution in [0.4, 0.5) is 13.2 Å². The summed E-state index contributed by atoms with van der Waals surface area (Å²) < 4.78 is 114. The summed E-state index contributed by atoms with van der Waals surface area (Å²) in [6.45, 7) is 0. The summed E-state index contributed by atoms with van der Waals surface area (Å²) in [6.07, 6.45) is -3.33. The molecule has 0 bridgehead atoms. The Bertz CT molecular complexity index is 2460. The van der Waals surface area contributed by atoms with Crippen molar-refractivity contribution in [1.82, 2.24) is 0 Å². The summed E-state index contributed by atoms with van der Waals surface area (Å²) in [5.41, 5.74) is -1.59. The molecule has 57 heavy (non-hydrogen) atoms. The summed E-state index contributed by atoms with van der Waals surface area (Å²) in [4.78, 5) is 0. The molecule has 0 fully saturated rings. The van der Waals surface area contributed by atoms with E-state index in [4.69, 9.17) is 8.37 Å². The summed E-state index contributed by atoms with van der Waals surface area (Å²) >= 11 is 0. The van der Waals surface area contributed by atoms with Gasteiger partial charge in [-0.2, -0.15) is 30.0 Å². The fourth-order valence-corrected chi connectivity index (χ4v) is 8.15. The van der Waals surface area contributed by atoms with Crippen molar-refractivity contribution >= 4 is 20.2 Å². The van der Waals surface area contributed by atoms with Crippen LogP contribution in [0.15, 0.2) is 176 Å². The van der Waals surface area contributed by atoms with Crippen LogP contribution >= 0.6 is 0 Å². The first-order valence-electron chi connectivity index (χ1n) is 17.7. The Balaban J connectivity index is 1.72. The maximum atomic E-state index is 17.1. The van der Waals surface area contributed by atoms with E-state index in [0.29, 0.717) is 22.3 Å². The normalized spacial score (nSPS) is 12.2. The maximum Gasteiger partial charge on any atom is 0.406 e. The van der Waals surface area contributed by atoms with Crippen molar-refractivity contribution < 1.29 is 38.4 Å². The van der Waals surface area contributed by atoms with Gasteiger partial charge < -0.3 is 8.37 Å². The molecule has 0 spiro atoms.